The van der Waals surface area contributed by atoms with Gasteiger partial charge in [0, 0.05) is 0 Å². The first kappa shape index (κ1) is 20.3. The van der Waals surface area contributed by atoms with Gasteiger partial charge < -0.3 is 10.1 Å². The van der Waals surface area contributed by atoms with Crippen LogP contribution in [0.3, 0.4) is 0 Å². The van der Waals surface area contributed by atoms with E-state index >= 15 is 0 Å². The third-order valence-electron chi connectivity index (χ3n) is 5.05. The second-order valence-corrected chi connectivity index (χ2v) is 7.59. The molecule has 0 atom stereocenters. The van der Waals surface area contributed by atoms with Gasteiger partial charge in [-0.05, 0) is 45.0 Å². The predicted molar refractivity (Wildman–Crippen MR) is 113 cm³/mol. The molecule has 0 radical (unpaired) electrons. The lowest BCUT2D eigenvalue weighted by atomic mass is 9.96. The number of hydrogen-bond donors (Lipinski definition) is 1. The Morgan fingerprint density at radius 2 is 1.71 bits per heavy atom. The number of amides is 2. The van der Waals surface area contributed by atoms with Crippen molar-refractivity contribution in [1.82, 2.24) is 15.0 Å². The number of nitrogens with zero attached hydrogens (tertiary/aromatic N) is 4. The fourth-order valence-corrected chi connectivity index (χ4v) is 3.40. The number of benzene rings is 2. The van der Waals surface area contributed by atoms with Gasteiger partial charge in [0.05, 0.1) is 22.8 Å². The standard InChI is InChI=1S/C22H21N5O4/c1-14-19(25-27(24-14)15-9-5-4-6-10-15)20(29)31-13-18(28)26-17-12-8-7-11-16(17)23-21(30)22(26,2)3/h4-12H,13H2,1-3H3,(H,23,30). The van der Waals surface area contributed by atoms with E-state index in [1.165, 1.54) is 9.70 Å². The molecule has 0 aliphatic carbocycles. The minimum absolute atomic E-state index is 0.0210. The van der Waals surface area contributed by atoms with Gasteiger partial charge in [0.25, 0.3) is 5.91 Å². The molecule has 1 aliphatic rings. The second-order valence-electron chi connectivity index (χ2n) is 7.59. The average molecular weight is 419 g/mol. The van der Waals surface area contributed by atoms with Crippen LogP contribution >= 0.6 is 0 Å². The van der Waals surface area contributed by atoms with Gasteiger partial charge in [-0.2, -0.15) is 9.90 Å². The lowest BCUT2D eigenvalue weighted by molar-refractivity contribution is -0.128. The van der Waals surface area contributed by atoms with Crippen molar-refractivity contribution >= 4 is 29.2 Å². The Bertz CT molecular complexity index is 1170. The molecule has 158 valence electrons. The highest BCUT2D eigenvalue weighted by atomic mass is 16.5. The van der Waals surface area contributed by atoms with Crippen molar-refractivity contribution in [2.45, 2.75) is 26.3 Å². The van der Waals surface area contributed by atoms with E-state index in [2.05, 4.69) is 15.5 Å². The zero-order chi connectivity index (χ0) is 22.2. The Balaban J connectivity index is 1.52. The molecule has 0 bridgehead atoms. The third-order valence-corrected chi connectivity index (χ3v) is 5.05. The number of ether oxygens (including phenoxy) is 1. The van der Waals surface area contributed by atoms with Crippen molar-refractivity contribution in [2.75, 3.05) is 16.8 Å². The molecule has 0 saturated heterocycles. The summed E-state index contributed by atoms with van der Waals surface area (Å²) >= 11 is 0. The maximum Gasteiger partial charge on any atom is 0.361 e. The average Bonchev–Trinajstić information content (AvgIpc) is 3.15. The maximum absolute atomic E-state index is 13.0. The smallest absolute Gasteiger partial charge is 0.361 e. The molecule has 0 unspecified atom stereocenters. The summed E-state index contributed by atoms with van der Waals surface area (Å²) in [7, 11) is 0. The molecule has 0 spiro atoms. The molecule has 9 nitrogen and oxygen atoms in total. The monoisotopic (exact) mass is 419 g/mol. The van der Waals surface area contributed by atoms with Crippen molar-refractivity contribution in [2.24, 2.45) is 0 Å². The summed E-state index contributed by atoms with van der Waals surface area (Å²) in [6.45, 7) is 4.36. The number of para-hydroxylation sites is 3. The molecule has 1 aliphatic heterocycles. The molecule has 2 heterocycles. The Kier molecular flexibility index (Phi) is 5.02. The Morgan fingerprint density at radius 3 is 2.45 bits per heavy atom. The van der Waals surface area contributed by atoms with E-state index in [1.54, 1.807) is 57.2 Å². The molecule has 2 aromatic carbocycles. The van der Waals surface area contributed by atoms with E-state index in [9.17, 15) is 14.4 Å². The van der Waals surface area contributed by atoms with E-state index in [0.717, 1.165) is 0 Å². The van der Waals surface area contributed by atoms with Crippen molar-refractivity contribution < 1.29 is 19.1 Å². The van der Waals surface area contributed by atoms with Gasteiger partial charge >= 0.3 is 5.97 Å². The molecular weight excluding hydrogens is 398 g/mol. The van der Waals surface area contributed by atoms with Crippen molar-refractivity contribution in [1.29, 1.82) is 0 Å². The first-order chi connectivity index (χ1) is 14.8. The number of aromatic nitrogens is 3. The molecule has 0 fully saturated rings. The molecule has 31 heavy (non-hydrogen) atoms. The summed E-state index contributed by atoms with van der Waals surface area (Å²) in [6.07, 6.45) is 0. The Labute approximate surface area is 178 Å². The molecule has 1 N–H and O–H groups in total. The molecule has 0 saturated carbocycles. The van der Waals surface area contributed by atoms with Gasteiger partial charge in [0.1, 0.15) is 5.54 Å². The topological polar surface area (TPSA) is 106 Å². The fraction of sp³-hybridized carbons (Fsp3) is 0.227. The number of esters is 1. The highest BCUT2D eigenvalue weighted by Crippen LogP contribution is 2.36. The first-order valence-corrected chi connectivity index (χ1v) is 9.69. The van der Waals surface area contributed by atoms with Crippen LogP contribution < -0.4 is 10.2 Å². The van der Waals surface area contributed by atoms with Crippen LogP contribution in [0.5, 0.6) is 0 Å². The van der Waals surface area contributed by atoms with Crippen LogP contribution in [0.15, 0.2) is 54.6 Å². The summed E-state index contributed by atoms with van der Waals surface area (Å²) in [6, 6.07) is 16.1. The zero-order valence-electron chi connectivity index (χ0n) is 17.3. The van der Waals surface area contributed by atoms with Crippen molar-refractivity contribution in [3.05, 3.63) is 66.0 Å². The van der Waals surface area contributed by atoms with Crippen LogP contribution in [0.4, 0.5) is 11.4 Å². The number of fused-ring (bicyclic) bond motifs is 1. The van der Waals surface area contributed by atoms with Gasteiger partial charge in [0.15, 0.2) is 12.3 Å². The highest BCUT2D eigenvalue weighted by Gasteiger charge is 2.43. The minimum Gasteiger partial charge on any atom is -0.451 e. The molecule has 4 rings (SSSR count). The van der Waals surface area contributed by atoms with Gasteiger partial charge in [-0.3, -0.25) is 14.5 Å². The summed E-state index contributed by atoms with van der Waals surface area (Å²) in [5, 5.41) is 11.2. The van der Waals surface area contributed by atoms with Crippen molar-refractivity contribution in [3.63, 3.8) is 0 Å². The van der Waals surface area contributed by atoms with Crippen molar-refractivity contribution in [3.8, 4) is 5.69 Å². The molecule has 2 amide bonds. The quantitative estimate of drug-likeness (QED) is 0.651. The number of carbonyl (C=O) groups is 3. The number of carbonyl (C=O) groups excluding carboxylic acids is 3. The predicted octanol–water partition coefficient (Wildman–Crippen LogP) is 2.50. The second kappa shape index (κ2) is 7.67. The Hall–Kier alpha value is -4.01. The summed E-state index contributed by atoms with van der Waals surface area (Å²) < 4.78 is 5.24. The fourth-order valence-electron chi connectivity index (χ4n) is 3.40. The molecule has 1 aromatic heterocycles. The Morgan fingerprint density at radius 1 is 1.03 bits per heavy atom. The molecule has 9 heteroatoms. The SMILES string of the molecule is Cc1nn(-c2ccccc2)nc1C(=O)OCC(=O)N1c2ccccc2NC(=O)C1(C)C. The number of nitrogens with one attached hydrogen (secondary N) is 1. The van der Waals surface area contributed by atoms with Crippen LogP contribution in [0.1, 0.15) is 30.0 Å². The third kappa shape index (κ3) is 3.65. The molecular formula is C22H21N5O4. The lowest BCUT2D eigenvalue weighted by Crippen LogP contribution is -2.59. The van der Waals surface area contributed by atoms with Gasteiger partial charge in [0.2, 0.25) is 5.91 Å². The number of aryl methyl sites for hydroxylation is 1. The highest BCUT2D eigenvalue weighted by molar-refractivity contribution is 6.14. The minimum atomic E-state index is -1.15. The van der Waals surface area contributed by atoms with E-state index < -0.39 is 24.0 Å². The summed E-state index contributed by atoms with van der Waals surface area (Å²) in [5.41, 5.74) is 1.01. The normalized spacial score (nSPS) is 14.5. The zero-order valence-corrected chi connectivity index (χ0v) is 17.3. The lowest BCUT2D eigenvalue weighted by Gasteiger charge is -2.41. The van der Waals surface area contributed by atoms with Crippen LogP contribution in [0.25, 0.3) is 5.69 Å². The molecule has 3 aromatic rings. The summed E-state index contributed by atoms with van der Waals surface area (Å²) in [5.74, 6) is -1.61. The van der Waals surface area contributed by atoms with Crippen LogP contribution in [0, 0.1) is 6.92 Å². The largest absolute Gasteiger partial charge is 0.451 e. The van der Waals surface area contributed by atoms with Crippen LogP contribution in [0.2, 0.25) is 0 Å². The summed E-state index contributed by atoms with van der Waals surface area (Å²) in [4.78, 5) is 40.8. The van der Waals surface area contributed by atoms with Gasteiger partial charge in [-0.25, -0.2) is 4.79 Å². The first-order valence-electron chi connectivity index (χ1n) is 9.69. The maximum atomic E-state index is 13.0. The number of rotatable bonds is 4. The van der Waals surface area contributed by atoms with E-state index in [0.29, 0.717) is 22.8 Å². The number of anilines is 2. The van der Waals surface area contributed by atoms with E-state index in [1.807, 2.05) is 18.2 Å². The van der Waals surface area contributed by atoms with Crippen LogP contribution in [-0.2, 0) is 14.3 Å². The number of hydrogen-bond acceptors (Lipinski definition) is 6. The van der Waals surface area contributed by atoms with E-state index in [4.69, 9.17) is 4.74 Å². The van der Waals surface area contributed by atoms with Gasteiger partial charge in [-0.1, -0.05) is 30.3 Å². The van der Waals surface area contributed by atoms with Gasteiger partial charge in [-0.15, -0.1) is 5.10 Å². The van der Waals surface area contributed by atoms with Crippen LogP contribution in [-0.4, -0.2) is 44.9 Å². The van der Waals surface area contributed by atoms with E-state index in [-0.39, 0.29) is 11.6 Å².